The van der Waals surface area contributed by atoms with E-state index in [1.165, 1.54) is 5.56 Å². The lowest BCUT2D eigenvalue weighted by atomic mass is 9.88. The maximum atomic E-state index is 10.2. The Morgan fingerprint density at radius 3 is 2.06 bits per heavy atom. The Morgan fingerprint density at radius 1 is 1.06 bits per heavy atom. The average molecular weight is 248 g/mol. The molecule has 1 rings (SSSR count). The highest BCUT2D eigenvalue weighted by molar-refractivity contribution is 5.24. The third-order valence-electron chi connectivity index (χ3n) is 3.18. The summed E-state index contributed by atoms with van der Waals surface area (Å²) in [5.74, 6) is 0.682. The Balaban J connectivity index is 2.56. The smallest absolute Gasteiger partial charge is 0.0790 e. The molecule has 0 spiro atoms. The predicted octanol–water partition coefficient (Wildman–Crippen LogP) is 4.74. The molecule has 1 unspecified atom stereocenters. The highest BCUT2D eigenvalue weighted by Gasteiger charge is 2.14. The molecule has 0 fully saturated rings. The van der Waals surface area contributed by atoms with Gasteiger partial charge in [-0.3, -0.25) is 0 Å². The van der Waals surface area contributed by atoms with E-state index in [0.717, 1.165) is 24.8 Å². The van der Waals surface area contributed by atoms with Gasteiger partial charge in [-0.2, -0.15) is 0 Å². The second-order valence-electron chi connectivity index (χ2n) is 6.95. The van der Waals surface area contributed by atoms with Crippen LogP contribution in [-0.2, 0) is 6.42 Å². The number of aliphatic hydroxyl groups excluding tert-OH is 1. The normalized spacial score (nSPS) is 13.9. The molecular weight excluding hydrogens is 220 g/mol. The molecule has 1 heteroatoms. The van der Waals surface area contributed by atoms with Gasteiger partial charge < -0.3 is 5.11 Å². The maximum Gasteiger partial charge on any atom is 0.0790 e. The van der Waals surface area contributed by atoms with Crippen LogP contribution in [-0.4, -0.2) is 5.11 Å². The molecule has 0 aliphatic heterocycles. The van der Waals surface area contributed by atoms with E-state index in [1.807, 2.05) is 0 Å². The fourth-order valence-corrected chi connectivity index (χ4v) is 2.08. The summed E-state index contributed by atoms with van der Waals surface area (Å²) < 4.78 is 0. The first-order chi connectivity index (χ1) is 8.28. The second-order valence-corrected chi connectivity index (χ2v) is 6.95. The predicted molar refractivity (Wildman–Crippen MR) is 78.6 cm³/mol. The third-order valence-corrected chi connectivity index (χ3v) is 3.18. The van der Waals surface area contributed by atoms with Gasteiger partial charge in [0.1, 0.15) is 0 Å². The van der Waals surface area contributed by atoms with Crippen LogP contribution in [0.5, 0.6) is 0 Å². The molecule has 0 saturated heterocycles. The van der Waals surface area contributed by atoms with E-state index >= 15 is 0 Å². The zero-order valence-corrected chi connectivity index (χ0v) is 12.5. The summed E-state index contributed by atoms with van der Waals surface area (Å²) in [6.07, 6.45) is 2.67. The molecule has 0 aliphatic rings. The van der Waals surface area contributed by atoms with Gasteiger partial charge in [0.2, 0.25) is 0 Å². The average Bonchev–Trinajstić information content (AvgIpc) is 2.25. The van der Waals surface area contributed by atoms with Gasteiger partial charge in [-0.15, -0.1) is 0 Å². The summed E-state index contributed by atoms with van der Waals surface area (Å²) in [7, 11) is 0. The minimum atomic E-state index is -0.322. The van der Waals surface area contributed by atoms with E-state index in [2.05, 4.69) is 58.9 Å². The van der Waals surface area contributed by atoms with Gasteiger partial charge in [-0.25, -0.2) is 0 Å². The summed E-state index contributed by atoms with van der Waals surface area (Å²) in [5, 5.41) is 10.2. The molecule has 1 aromatic carbocycles. The molecule has 102 valence electrons. The fraction of sp³-hybridized carbons (Fsp3) is 0.647. The molecule has 0 aromatic heterocycles. The first-order valence-corrected chi connectivity index (χ1v) is 7.05. The Morgan fingerprint density at radius 2 is 1.61 bits per heavy atom. The van der Waals surface area contributed by atoms with Crippen LogP contribution in [0.25, 0.3) is 0 Å². The van der Waals surface area contributed by atoms with Crippen molar-refractivity contribution in [2.75, 3.05) is 0 Å². The molecular formula is C17H28O. The number of benzene rings is 1. The summed E-state index contributed by atoms with van der Waals surface area (Å²) in [5.41, 5.74) is 2.70. The van der Waals surface area contributed by atoms with Crippen LogP contribution in [0.1, 0.15) is 64.7 Å². The van der Waals surface area contributed by atoms with Crippen molar-refractivity contribution in [2.45, 2.75) is 60.0 Å². The van der Waals surface area contributed by atoms with Gasteiger partial charge in [0.05, 0.1) is 6.10 Å². The molecule has 1 atom stereocenters. The maximum absolute atomic E-state index is 10.2. The largest absolute Gasteiger partial charge is 0.388 e. The van der Waals surface area contributed by atoms with Crippen LogP contribution in [0.3, 0.4) is 0 Å². The molecule has 1 N–H and O–H groups in total. The molecule has 1 nitrogen and oxygen atoms in total. The lowest BCUT2D eigenvalue weighted by Crippen LogP contribution is -2.08. The van der Waals surface area contributed by atoms with Gasteiger partial charge in [0, 0.05) is 0 Å². The van der Waals surface area contributed by atoms with Crippen molar-refractivity contribution < 1.29 is 5.11 Å². The van der Waals surface area contributed by atoms with Crippen LogP contribution in [0.2, 0.25) is 0 Å². The van der Waals surface area contributed by atoms with E-state index in [4.69, 9.17) is 0 Å². The van der Waals surface area contributed by atoms with Crippen molar-refractivity contribution in [1.29, 1.82) is 0 Å². The molecule has 0 radical (unpaired) electrons. The lowest BCUT2D eigenvalue weighted by Gasteiger charge is -2.20. The van der Waals surface area contributed by atoms with Crippen molar-refractivity contribution in [1.82, 2.24) is 0 Å². The minimum absolute atomic E-state index is 0.290. The van der Waals surface area contributed by atoms with Crippen LogP contribution in [0, 0.1) is 11.3 Å². The summed E-state index contributed by atoms with van der Waals surface area (Å²) in [4.78, 5) is 0. The third kappa shape index (κ3) is 5.68. The van der Waals surface area contributed by atoms with E-state index in [1.54, 1.807) is 0 Å². The van der Waals surface area contributed by atoms with Crippen LogP contribution < -0.4 is 0 Å². The van der Waals surface area contributed by atoms with Gasteiger partial charge in [-0.05, 0) is 41.7 Å². The van der Waals surface area contributed by atoms with Gasteiger partial charge >= 0.3 is 0 Å². The lowest BCUT2D eigenvalue weighted by molar-refractivity contribution is 0.147. The molecule has 0 aliphatic carbocycles. The quantitative estimate of drug-likeness (QED) is 0.797. The zero-order valence-electron chi connectivity index (χ0n) is 12.5. The van der Waals surface area contributed by atoms with Crippen LogP contribution >= 0.6 is 0 Å². The summed E-state index contributed by atoms with van der Waals surface area (Å²) in [6, 6.07) is 8.45. The Bertz CT molecular complexity index is 343. The van der Waals surface area contributed by atoms with Crippen LogP contribution in [0.4, 0.5) is 0 Å². The Hall–Kier alpha value is -0.820. The van der Waals surface area contributed by atoms with Crippen molar-refractivity contribution in [3.05, 3.63) is 35.4 Å². The van der Waals surface area contributed by atoms with E-state index in [0.29, 0.717) is 11.3 Å². The van der Waals surface area contributed by atoms with Gasteiger partial charge in [0.15, 0.2) is 0 Å². The van der Waals surface area contributed by atoms with Crippen molar-refractivity contribution >= 4 is 0 Å². The topological polar surface area (TPSA) is 20.2 Å². The Labute approximate surface area is 112 Å². The van der Waals surface area contributed by atoms with Gasteiger partial charge in [-0.1, -0.05) is 58.9 Å². The highest BCUT2D eigenvalue weighted by Crippen LogP contribution is 2.27. The molecule has 0 heterocycles. The van der Waals surface area contributed by atoms with Crippen molar-refractivity contribution in [3.8, 4) is 0 Å². The molecule has 0 amide bonds. The highest BCUT2D eigenvalue weighted by atomic mass is 16.3. The van der Waals surface area contributed by atoms with Crippen LogP contribution in [0.15, 0.2) is 24.3 Å². The fourth-order valence-electron chi connectivity index (χ4n) is 2.08. The van der Waals surface area contributed by atoms with E-state index in [9.17, 15) is 5.11 Å². The summed E-state index contributed by atoms with van der Waals surface area (Å²) in [6.45, 7) is 11.1. The Kier molecular flexibility index (Phi) is 5.40. The molecule has 18 heavy (non-hydrogen) atoms. The standard InChI is InChI=1S/C17H28O/c1-13(2)12-14-6-8-15(9-7-14)16(18)10-11-17(3,4)5/h6-9,13,16,18H,10-12H2,1-5H3. The molecule has 1 aromatic rings. The minimum Gasteiger partial charge on any atom is -0.388 e. The first-order valence-electron chi connectivity index (χ1n) is 7.05. The van der Waals surface area contributed by atoms with E-state index < -0.39 is 0 Å². The SMILES string of the molecule is CC(C)Cc1ccc(C(O)CCC(C)(C)C)cc1. The van der Waals surface area contributed by atoms with Gasteiger partial charge in [0.25, 0.3) is 0 Å². The van der Waals surface area contributed by atoms with Crippen molar-refractivity contribution in [3.63, 3.8) is 0 Å². The zero-order chi connectivity index (χ0) is 13.8. The number of aliphatic hydroxyl groups is 1. The molecule has 0 saturated carbocycles. The van der Waals surface area contributed by atoms with Crippen molar-refractivity contribution in [2.24, 2.45) is 11.3 Å². The summed E-state index contributed by atoms with van der Waals surface area (Å²) >= 11 is 0. The number of rotatable bonds is 5. The monoisotopic (exact) mass is 248 g/mol. The second kappa shape index (κ2) is 6.38. The number of hydrogen-bond donors (Lipinski definition) is 1. The molecule has 0 bridgehead atoms. The first kappa shape index (κ1) is 15.2. The van der Waals surface area contributed by atoms with E-state index in [-0.39, 0.29) is 6.10 Å². The number of hydrogen-bond acceptors (Lipinski definition) is 1.